The minimum absolute atomic E-state index is 0.137. The van der Waals surface area contributed by atoms with Gasteiger partial charge < -0.3 is 4.98 Å². The number of H-pyrrole nitrogens is 1. The Kier molecular flexibility index (Phi) is 1.48. The van der Waals surface area contributed by atoms with E-state index in [0.717, 1.165) is 5.82 Å². The second-order valence-electron chi connectivity index (χ2n) is 3.76. The van der Waals surface area contributed by atoms with Crippen LogP contribution in [0.1, 0.15) is 24.2 Å². The van der Waals surface area contributed by atoms with Crippen molar-refractivity contribution in [2.75, 3.05) is 0 Å². The summed E-state index contributed by atoms with van der Waals surface area (Å²) >= 11 is 0. The van der Waals surface area contributed by atoms with Crippen molar-refractivity contribution >= 4 is 0 Å². The van der Waals surface area contributed by atoms with Gasteiger partial charge in [-0.25, -0.2) is 4.98 Å². The predicted molar refractivity (Wildman–Crippen MR) is 52.8 cm³/mol. The van der Waals surface area contributed by atoms with E-state index in [9.17, 15) is 0 Å². The number of hydrogen-bond acceptors (Lipinski definition) is 2. The predicted octanol–water partition coefficient (Wildman–Crippen LogP) is 1.88. The molecule has 0 amide bonds. The average Bonchev–Trinajstić information content (AvgIpc) is 2.88. The van der Waals surface area contributed by atoms with E-state index in [1.165, 1.54) is 18.4 Å². The molecule has 0 spiro atoms. The molecule has 0 unspecified atom stereocenters. The van der Waals surface area contributed by atoms with Crippen LogP contribution in [0.15, 0.2) is 36.9 Å². The second-order valence-corrected chi connectivity index (χ2v) is 3.76. The summed E-state index contributed by atoms with van der Waals surface area (Å²) in [5.74, 6) is 1.07. The summed E-state index contributed by atoms with van der Waals surface area (Å²) in [4.78, 5) is 11.7. The van der Waals surface area contributed by atoms with E-state index in [1.807, 2.05) is 30.9 Å². The normalized spacial score (nSPS) is 18.0. The molecule has 3 rings (SSSR count). The van der Waals surface area contributed by atoms with Gasteiger partial charge in [-0.2, -0.15) is 0 Å². The van der Waals surface area contributed by atoms with Gasteiger partial charge in [0.1, 0.15) is 5.82 Å². The molecule has 1 N–H and O–H groups in total. The van der Waals surface area contributed by atoms with Crippen molar-refractivity contribution in [2.45, 2.75) is 18.3 Å². The number of rotatable bonds is 2. The number of nitrogens with one attached hydrogen (secondary N) is 1. The molecule has 1 saturated carbocycles. The Hall–Kier alpha value is -1.64. The smallest absolute Gasteiger partial charge is 0.116 e. The van der Waals surface area contributed by atoms with Crippen LogP contribution in [-0.4, -0.2) is 15.0 Å². The van der Waals surface area contributed by atoms with Crippen LogP contribution < -0.4 is 0 Å². The molecule has 2 heterocycles. The maximum atomic E-state index is 4.34. The minimum Gasteiger partial charge on any atom is -0.348 e. The fraction of sp³-hybridized carbons (Fsp3) is 0.273. The zero-order chi connectivity index (χ0) is 9.43. The molecule has 3 heteroatoms. The Morgan fingerprint density at radius 1 is 1.29 bits per heavy atom. The number of hydrogen-bond donors (Lipinski definition) is 1. The monoisotopic (exact) mass is 185 g/mol. The SMILES string of the molecule is c1cncc(C2(c3ncc[nH]3)CC2)c1. The van der Waals surface area contributed by atoms with Crippen molar-refractivity contribution in [1.29, 1.82) is 0 Å². The zero-order valence-electron chi connectivity index (χ0n) is 7.77. The largest absolute Gasteiger partial charge is 0.348 e. The van der Waals surface area contributed by atoms with E-state index < -0.39 is 0 Å². The Bertz CT molecular complexity index is 415. The van der Waals surface area contributed by atoms with Gasteiger partial charge in [0.05, 0.1) is 5.41 Å². The molecule has 0 atom stereocenters. The van der Waals surface area contributed by atoms with Gasteiger partial charge in [0.15, 0.2) is 0 Å². The zero-order valence-corrected chi connectivity index (χ0v) is 7.77. The van der Waals surface area contributed by atoms with Crippen LogP contribution in [-0.2, 0) is 5.41 Å². The lowest BCUT2D eigenvalue weighted by Gasteiger charge is -2.11. The molecule has 0 aliphatic heterocycles. The summed E-state index contributed by atoms with van der Waals surface area (Å²) < 4.78 is 0. The number of aromatic amines is 1. The number of nitrogens with zero attached hydrogens (tertiary/aromatic N) is 2. The van der Waals surface area contributed by atoms with Crippen molar-refractivity contribution < 1.29 is 0 Å². The van der Waals surface area contributed by atoms with Gasteiger partial charge in [0.25, 0.3) is 0 Å². The first-order valence-corrected chi connectivity index (χ1v) is 4.82. The molecule has 0 aromatic carbocycles. The first-order valence-electron chi connectivity index (χ1n) is 4.82. The third-order valence-corrected chi connectivity index (χ3v) is 2.92. The third-order valence-electron chi connectivity index (χ3n) is 2.92. The van der Waals surface area contributed by atoms with Gasteiger partial charge in [-0.05, 0) is 24.5 Å². The van der Waals surface area contributed by atoms with Crippen molar-refractivity contribution in [3.05, 3.63) is 48.3 Å². The molecule has 3 nitrogen and oxygen atoms in total. The quantitative estimate of drug-likeness (QED) is 0.776. The van der Waals surface area contributed by atoms with E-state index in [-0.39, 0.29) is 5.41 Å². The van der Waals surface area contributed by atoms with Crippen LogP contribution in [0.3, 0.4) is 0 Å². The molecule has 2 aromatic rings. The van der Waals surface area contributed by atoms with E-state index >= 15 is 0 Å². The van der Waals surface area contributed by atoms with Crippen molar-refractivity contribution in [3.8, 4) is 0 Å². The van der Waals surface area contributed by atoms with Gasteiger partial charge in [-0.1, -0.05) is 6.07 Å². The molecule has 1 fully saturated rings. The van der Waals surface area contributed by atoms with Crippen LogP contribution >= 0.6 is 0 Å². The summed E-state index contributed by atoms with van der Waals surface area (Å²) in [7, 11) is 0. The molecule has 1 aliphatic carbocycles. The topological polar surface area (TPSA) is 41.6 Å². The Labute approximate surface area is 82.2 Å². The Morgan fingerprint density at radius 3 is 2.79 bits per heavy atom. The van der Waals surface area contributed by atoms with E-state index in [4.69, 9.17) is 0 Å². The molecule has 70 valence electrons. The first-order chi connectivity index (χ1) is 6.92. The lowest BCUT2D eigenvalue weighted by Crippen LogP contribution is -2.10. The number of pyridine rings is 1. The summed E-state index contributed by atoms with van der Waals surface area (Å²) in [5, 5.41) is 0. The van der Waals surface area contributed by atoms with Gasteiger partial charge in [-0.15, -0.1) is 0 Å². The van der Waals surface area contributed by atoms with Gasteiger partial charge in [0, 0.05) is 24.8 Å². The lowest BCUT2D eigenvalue weighted by molar-refractivity contribution is 0.769. The maximum absolute atomic E-state index is 4.34. The van der Waals surface area contributed by atoms with E-state index in [1.54, 1.807) is 0 Å². The van der Waals surface area contributed by atoms with Gasteiger partial charge in [-0.3, -0.25) is 4.98 Å². The van der Waals surface area contributed by atoms with E-state index in [2.05, 4.69) is 21.0 Å². The number of imidazole rings is 1. The highest BCUT2D eigenvalue weighted by atomic mass is 14.9. The summed E-state index contributed by atoms with van der Waals surface area (Å²) in [6, 6.07) is 4.11. The maximum Gasteiger partial charge on any atom is 0.116 e. The molecule has 1 aliphatic rings. The highest BCUT2D eigenvalue weighted by molar-refractivity contribution is 5.37. The Balaban J connectivity index is 2.07. The van der Waals surface area contributed by atoms with Crippen LogP contribution in [0.4, 0.5) is 0 Å². The van der Waals surface area contributed by atoms with Gasteiger partial charge >= 0.3 is 0 Å². The van der Waals surface area contributed by atoms with Crippen molar-refractivity contribution in [1.82, 2.24) is 15.0 Å². The lowest BCUT2D eigenvalue weighted by atomic mass is 9.97. The highest BCUT2D eigenvalue weighted by Crippen LogP contribution is 2.51. The molecular formula is C11H11N3. The fourth-order valence-electron chi connectivity index (χ4n) is 1.96. The summed E-state index contributed by atoms with van der Waals surface area (Å²) in [6.07, 6.45) is 9.78. The third kappa shape index (κ3) is 0.985. The van der Waals surface area contributed by atoms with Crippen LogP contribution in [0.2, 0.25) is 0 Å². The van der Waals surface area contributed by atoms with Crippen LogP contribution in [0, 0.1) is 0 Å². The molecule has 14 heavy (non-hydrogen) atoms. The fourth-order valence-corrected chi connectivity index (χ4v) is 1.96. The highest BCUT2D eigenvalue weighted by Gasteiger charge is 2.48. The molecule has 0 saturated heterocycles. The second kappa shape index (κ2) is 2.67. The summed E-state index contributed by atoms with van der Waals surface area (Å²) in [5.41, 5.74) is 1.41. The standard InChI is InChI=1S/C11H11N3/c1-2-9(8-12-5-1)11(3-4-11)10-13-6-7-14-10/h1-2,5-8H,3-4H2,(H,13,14). The van der Waals surface area contributed by atoms with E-state index in [0.29, 0.717) is 0 Å². The molecule has 0 bridgehead atoms. The number of aromatic nitrogens is 3. The molecule has 0 radical (unpaired) electrons. The minimum atomic E-state index is 0.137. The summed E-state index contributed by atoms with van der Waals surface area (Å²) in [6.45, 7) is 0. The van der Waals surface area contributed by atoms with Crippen molar-refractivity contribution in [3.63, 3.8) is 0 Å². The van der Waals surface area contributed by atoms with Crippen molar-refractivity contribution in [2.24, 2.45) is 0 Å². The molecular weight excluding hydrogens is 174 g/mol. The Morgan fingerprint density at radius 2 is 2.21 bits per heavy atom. The first kappa shape index (κ1) is 7.74. The van der Waals surface area contributed by atoms with Crippen LogP contribution in [0.5, 0.6) is 0 Å². The van der Waals surface area contributed by atoms with Gasteiger partial charge in [0.2, 0.25) is 0 Å². The van der Waals surface area contributed by atoms with Crippen LogP contribution in [0.25, 0.3) is 0 Å². The average molecular weight is 185 g/mol. The molecule has 2 aromatic heterocycles.